The predicted molar refractivity (Wildman–Crippen MR) is 106 cm³/mol. The normalized spacial score (nSPS) is 10.9. The number of Topliss-reactive ketones (excluding diaryl/α,β-unsaturated/α-hetero) is 1. The van der Waals surface area contributed by atoms with Gasteiger partial charge in [-0.15, -0.1) is 0 Å². The van der Waals surface area contributed by atoms with Crippen molar-refractivity contribution in [1.29, 1.82) is 0 Å². The van der Waals surface area contributed by atoms with Crippen LogP contribution in [0.1, 0.15) is 27.4 Å². The van der Waals surface area contributed by atoms with Crippen LogP contribution in [0.4, 0.5) is 11.5 Å². The van der Waals surface area contributed by atoms with Gasteiger partial charge in [-0.3, -0.25) is 14.8 Å². The molecule has 0 bridgehead atoms. The predicted octanol–water partition coefficient (Wildman–Crippen LogP) is 1.89. The van der Waals surface area contributed by atoms with E-state index in [1.54, 1.807) is 36.7 Å². The number of nitrogens with two attached hydrogens (primary N) is 1. The lowest BCUT2D eigenvalue weighted by atomic mass is 10.1. The molecule has 0 amide bonds. The minimum atomic E-state index is -0.133. The lowest BCUT2D eigenvalue weighted by molar-refractivity contribution is 0.0988. The Hall–Kier alpha value is -3.65. The largest absolute Gasteiger partial charge is 0.392 e. The molecule has 0 unspecified atom stereocenters. The second-order valence-corrected chi connectivity index (χ2v) is 5.96. The summed E-state index contributed by atoms with van der Waals surface area (Å²) in [6, 6.07) is 7.30. The average molecular weight is 376 g/mol. The molecule has 142 valence electrons. The van der Waals surface area contributed by atoms with Crippen LogP contribution in [0.2, 0.25) is 0 Å². The third-order valence-corrected chi connectivity index (χ3v) is 3.90. The molecule has 0 radical (unpaired) electrons. The molecule has 0 aliphatic carbocycles. The minimum Gasteiger partial charge on any atom is -0.392 e. The topological polar surface area (TPSA) is 127 Å². The average Bonchev–Trinajstić information content (AvgIpc) is 2.72. The fourth-order valence-corrected chi connectivity index (χ4v) is 2.51. The summed E-state index contributed by atoms with van der Waals surface area (Å²) in [5, 5.41) is 11.9. The van der Waals surface area contributed by atoms with Crippen molar-refractivity contribution in [2.75, 3.05) is 17.7 Å². The molecule has 0 fully saturated rings. The van der Waals surface area contributed by atoms with Gasteiger partial charge >= 0.3 is 0 Å². The molecule has 3 heterocycles. The van der Waals surface area contributed by atoms with Gasteiger partial charge in [-0.2, -0.15) is 0 Å². The molecule has 0 aliphatic rings. The van der Waals surface area contributed by atoms with E-state index in [-0.39, 0.29) is 18.8 Å². The van der Waals surface area contributed by atoms with Crippen molar-refractivity contribution in [3.63, 3.8) is 0 Å². The fraction of sp³-hybridized carbons (Fsp3) is 0.150. The Balaban J connectivity index is 1.63. The standard InChI is InChI=1S/C20H20N6O2/c21-20-17(4-1-6-23-20)25-12-16-9-14(5-7-22-16)10-19(28)18-13-24-15(11-26-18)3-2-8-27/h1-7,9,11,13,25,27H,8,10,12H2,(H2,21,23)/b3-2+. The first-order valence-corrected chi connectivity index (χ1v) is 8.66. The molecule has 0 saturated carbocycles. The molecular formula is C20H20N6O2. The molecule has 0 atom stereocenters. The van der Waals surface area contributed by atoms with Gasteiger partial charge in [0.25, 0.3) is 0 Å². The number of nitrogen functional groups attached to an aromatic ring is 1. The first-order chi connectivity index (χ1) is 13.7. The molecule has 3 aromatic rings. The molecule has 28 heavy (non-hydrogen) atoms. The van der Waals surface area contributed by atoms with E-state index in [0.29, 0.717) is 23.8 Å². The number of aromatic nitrogens is 4. The first-order valence-electron chi connectivity index (χ1n) is 8.66. The molecule has 0 spiro atoms. The number of aliphatic hydroxyl groups excluding tert-OH is 1. The Morgan fingerprint density at radius 2 is 2.04 bits per heavy atom. The van der Waals surface area contributed by atoms with Gasteiger partial charge in [-0.1, -0.05) is 6.08 Å². The Labute approximate surface area is 162 Å². The summed E-state index contributed by atoms with van der Waals surface area (Å²) in [5.41, 5.74) is 9.04. The highest BCUT2D eigenvalue weighted by molar-refractivity contribution is 5.95. The number of carbonyl (C=O) groups is 1. The molecule has 0 saturated heterocycles. The highest BCUT2D eigenvalue weighted by Gasteiger charge is 2.10. The SMILES string of the molecule is Nc1ncccc1NCc1cc(CC(=O)c2cnc(/C=C/CO)cn2)ccn1. The van der Waals surface area contributed by atoms with E-state index in [1.807, 2.05) is 12.1 Å². The maximum absolute atomic E-state index is 12.5. The van der Waals surface area contributed by atoms with E-state index in [9.17, 15) is 4.79 Å². The highest BCUT2D eigenvalue weighted by Crippen LogP contribution is 2.15. The van der Waals surface area contributed by atoms with Crippen LogP contribution in [-0.2, 0) is 13.0 Å². The van der Waals surface area contributed by atoms with Gasteiger partial charge in [0.15, 0.2) is 5.78 Å². The number of carbonyl (C=O) groups excluding carboxylic acids is 1. The number of hydrogen-bond acceptors (Lipinski definition) is 8. The summed E-state index contributed by atoms with van der Waals surface area (Å²) in [6.07, 6.45) is 9.62. The summed E-state index contributed by atoms with van der Waals surface area (Å²) in [4.78, 5) is 29.1. The second-order valence-electron chi connectivity index (χ2n) is 5.96. The van der Waals surface area contributed by atoms with Crippen LogP contribution in [0, 0.1) is 0 Å². The van der Waals surface area contributed by atoms with Gasteiger partial charge in [-0.05, 0) is 35.9 Å². The van der Waals surface area contributed by atoms with Gasteiger partial charge in [0, 0.05) is 18.8 Å². The number of nitrogens with one attached hydrogen (secondary N) is 1. The number of aliphatic hydroxyl groups is 1. The Kier molecular flexibility index (Phi) is 6.37. The molecule has 8 heteroatoms. The summed E-state index contributed by atoms with van der Waals surface area (Å²) in [5.74, 6) is 0.288. The molecule has 4 N–H and O–H groups in total. The third kappa shape index (κ3) is 5.18. The molecule has 8 nitrogen and oxygen atoms in total. The molecule has 0 aromatic carbocycles. The van der Waals surface area contributed by atoms with E-state index < -0.39 is 0 Å². The van der Waals surface area contributed by atoms with Gasteiger partial charge < -0.3 is 16.2 Å². The lowest BCUT2D eigenvalue weighted by Crippen LogP contribution is -2.09. The number of hydrogen-bond donors (Lipinski definition) is 3. The lowest BCUT2D eigenvalue weighted by Gasteiger charge is -2.08. The van der Waals surface area contributed by atoms with Gasteiger partial charge in [0.2, 0.25) is 0 Å². The van der Waals surface area contributed by atoms with E-state index in [0.717, 1.165) is 16.9 Å². The summed E-state index contributed by atoms with van der Waals surface area (Å²) >= 11 is 0. The first kappa shape index (κ1) is 19.1. The van der Waals surface area contributed by atoms with Gasteiger partial charge in [-0.25, -0.2) is 9.97 Å². The zero-order chi connectivity index (χ0) is 19.8. The molecule has 3 aromatic heterocycles. The quantitative estimate of drug-likeness (QED) is 0.509. The third-order valence-electron chi connectivity index (χ3n) is 3.90. The van der Waals surface area contributed by atoms with Crippen molar-refractivity contribution in [2.45, 2.75) is 13.0 Å². The number of nitrogens with zero attached hydrogens (tertiary/aromatic N) is 4. The Morgan fingerprint density at radius 1 is 1.14 bits per heavy atom. The number of ketones is 1. The van der Waals surface area contributed by atoms with Crippen LogP contribution in [0.15, 0.2) is 55.1 Å². The van der Waals surface area contributed by atoms with Crippen LogP contribution in [-0.4, -0.2) is 37.4 Å². The van der Waals surface area contributed by atoms with Crippen LogP contribution in [0.25, 0.3) is 6.08 Å². The van der Waals surface area contributed by atoms with Crippen molar-refractivity contribution >= 4 is 23.4 Å². The van der Waals surface area contributed by atoms with Crippen LogP contribution < -0.4 is 11.1 Å². The second kappa shape index (κ2) is 9.33. The van der Waals surface area contributed by atoms with E-state index in [2.05, 4.69) is 25.3 Å². The minimum absolute atomic E-state index is 0.0744. The van der Waals surface area contributed by atoms with Crippen LogP contribution >= 0.6 is 0 Å². The van der Waals surface area contributed by atoms with Crippen molar-refractivity contribution < 1.29 is 9.90 Å². The maximum atomic E-state index is 12.5. The fourth-order valence-electron chi connectivity index (χ4n) is 2.51. The van der Waals surface area contributed by atoms with Crippen molar-refractivity contribution in [3.8, 4) is 0 Å². The maximum Gasteiger partial charge on any atom is 0.187 e. The number of pyridine rings is 2. The Bertz CT molecular complexity index is 972. The van der Waals surface area contributed by atoms with Crippen molar-refractivity contribution in [1.82, 2.24) is 19.9 Å². The molecule has 0 aliphatic heterocycles. The number of rotatable bonds is 8. The van der Waals surface area contributed by atoms with E-state index >= 15 is 0 Å². The van der Waals surface area contributed by atoms with Gasteiger partial charge in [0.1, 0.15) is 11.5 Å². The zero-order valence-corrected chi connectivity index (χ0v) is 15.1. The van der Waals surface area contributed by atoms with E-state index in [4.69, 9.17) is 10.8 Å². The van der Waals surface area contributed by atoms with Crippen molar-refractivity contribution in [3.05, 3.63) is 77.8 Å². The van der Waals surface area contributed by atoms with E-state index in [1.165, 1.54) is 12.4 Å². The van der Waals surface area contributed by atoms with Gasteiger partial charge in [0.05, 0.1) is 42.6 Å². The Morgan fingerprint density at radius 3 is 2.79 bits per heavy atom. The number of anilines is 2. The molecule has 3 rings (SSSR count). The van der Waals surface area contributed by atoms with Crippen LogP contribution in [0.3, 0.4) is 0 Å². The zero-order valence-electron chi connectivity index (χ0n) is 15.1. The summed E-state index contributed by atoms with van der Waals surface area (Å²) < 4.78 is 0. The molecular weight excluding hydrogens is 356 g/mol. The van der Waals surface area contributed by atoms with Crippen molar-refractivity contribution in [2.24, 2.45) is 0 Å². The van der Waals surface area contributed by atoms with Crippen LogP contribution in [0.5, 0.6) is 0 Å². The summed E-state index contributed by atoms with van der Waals surface area (Å²) in [7, 11) is 0. The highest BCUT2D eigenvalue weighted by atomic mass is 16.2. The summed E-state index contributed by atoms with van der Waals surface area (Å²) in [6.45, 7) is 0.387. The smallest absolute Gasteiger partial charge is 0.187 e. The monoisotopic (exact) mass is 376 g/mol.